The molecule has 1 aliphatic heterocycles. The average molecular weight is 834 g/mol. The molecule has 0 radical (unpaired) electrons. The summed E-state index contributed by atoms with van der Waals surface area (Å²) in [5, 5.41) is 31.0. The summed E-state index contributed by atoms with van der Waals surface area (Å²) in [5.41, 5.74) is 0. The summed E-state index contributed by atoms with van der Waals surface area (Å²) in [6.45, 7) is 3.80. The van der Waals surface area contributed by atoms with Gasteiger partial charge in [-0.15, -0.1) is 0 Å². The number of aliphatic hydroxyl groups excluding tert-OH is 3. The first-order chi connectivity index (χ1) is 27.2. The standard InChI is InChI=1S/C43H80NO12P/c1-6-8-10-11-12-13-14-15-16-17-18-24-28-42(48)55-37(35-54-57(50,51)53-32-31-44(3,4)5)34-52-41(47)27-23-20-19-22-26-38-39(46)33-43(49)56-40(38)30-29-36(45)25-21-9-7-2/h19,22,29-30,36-40,43,45-46,49H,6-18,20-21,23-28,31-35H2,1-5H3/b22-19-,30-29+/t36-,37+,38-,39-,40+,43?/m0/s1. The SMILES string of the molecule is CCCCCCCCCCCCCCC(=O)O[C@H](COC(=O)CCC/C=C\C[C@H]1[C@@H](O)CC(O)O[C@@H]1/C=C/[C@@H](O)CCCCC)COP(=O)([O-])OCC[N+](C)(C)C. The number of rotatable bonds is 35. The molecule has 1 heterocycles. The number of aliphatic hydroxyl groups is 3. The van der Waals surface area contributed by atoms with Gasteiger partial charge in [-0.3, -0.25) is 14.2 Å². The van der Waals surface area contributed by atoms with Crippen molar-refractivity contribution in [2.75, 3.05) is 47.5 Å². The Kier molecular flexibility index (Phi) is 30.1. The molecular formula is C43H80NO12P. The third kappa shape index (κ3) is 30.1. The lowest BCUT2D eigenvalue weighted by molar-refractivity contribution is -0.870. The lowest BCUT2D eigenvalue weighted by Crippen LogP contribution is -2.43. The van der Waals surface area contributed by atoms with Crippen LogP contribution in [0.1, 0.15) is 155 Å². The molecule has 0 bridgehead atoms. The molecule has 13 nitrogen and oxygen atoms in total. The number of phosphoric ester groups is 1. The maximum atomic E-state index is 12.7. The van der Waals surface area contributed by atoms with Crippen molar-refractivity contribution in [2.24, 2.45) is 5.92 Å². The molecule has 0 saturated carbocycles. The average Bonchev–Trinajstić information content (AvgIpc) is 3.13. The van der Waals surface area contributed by atoms with Gasteiger partial charge >= 0.3 is 11.9 Å². The van der Waals surface area contributed by atoms with Crippen LogP contribution in [-0.2, 0) is 37.4 Å². The highest BCUT2D eigenvalue weighted by Crippen LogP contribution is 2.38. The Hall–Kier alpha value is -1.67. The Morgan fingerprint density at radius 3 is 2.05 bits per heavy atom. The zero-order chi connectivity index (χ0) is 42.4. The predicted octanol–water partition coefficient (Wildman–Crippen LogP) is 7.44. The van der Waals surface area contributed by atoms with Crippen molar-refractivity contribution in [3.05, 3.63) is 24.3 Å². The van der Waals surface area contributed by atoms with Crippen LogP contribution in [0.3, 0.4) is 0 Å². The minimum Gasteiger partial charge on any atom is -0.756 e. The van der Waals surface area contributed by atoms with E-state index in [1.807, 2.05) is 33.3 Å². The summed E-state index contributed by atoms with van der Waals surface area (Å²) < 4.78 is 39.5. The fourth-order valence-electron chi connectivity index (χ4n) is 6.46. The summed E-state index contributed by atoms with van der Waals surface area (Å²) in [4.78, 5) is 37.7. The van der Waals surface area contributed by atoms with Crippen LogP contribution in [0.5, 0.6) is 0 Å². The monoisotopic (exact) mass is 834 g/mol. The largest absolute Gasteiger partial charge is 0.756 e. The van der Waals surface area contributed by atoms with Crippen molar-refractivity contribution < 1.29 is 62.1 Å². The van der Waals surface area contributed by atoms with Crippen LogP contribution in [0.4, 0.5) is 0 Å². The predicted molar refractivity (Wildman–Crippen MR) is 221 cm³/mol. The third-order valence-corrected chi connectivity index (χ3v) is 11.0. The Morgan fingerprint density at radius 1 is 0.825 bits per heavy atom. The molecule has 1 rings (SSSR count). The van der Waals surface area contributed by atoms with Crippen LogP contribution in [0.2, 0.25) is 0 Å². The number of quaternary nitrogens is 1. The maximum Gasteiger partial charge on any atom is 0.306 e. The molecule has 0 aromatic rings. The Bertz CT molecular complexity index is 1150. The normalized spacial score (nSPS) is 21.1. The first kappa shape index (κ1) is 53.3. The van der Waals surface area contributed by atoms with Crippen molar-refractivity contribution >= 4 is 19.8 Å². The number of hydrogen-bond donors (Lipinski definition) is 3. The Balaban J connectivity index is 2.55. The second kappa shape index (κ2) is 32.1. The summed E-state index contributed by atoms with van der Waals surface area (Å²) in [7, 11) is 1.02. The second-order valence-electron chi connectivity index (χ2n) is 16.6. The minimum absolute atomic E-state index is 0.0732. The molecule has 0 amide bonds. The second-order valence-corrected chi connectivity index (χ2v) is 18.0. The highest BCUT2D eigenvalue weighted by molar-refractivity contribution is 7.45. The van der Waals surface area contributed by atoms with E-state index >= 15 is 0 Å². The highest BCUT2D eigenvalue weighted by Gasteiger charge is 2.35. The molecule has 2 unspecified atom stereocenters. The van der Waals surface area contributed by atoms with E-state index in [9.17, 15) is 34.4 Å². The fourth-order valence-corrected chi connectivity index (χ4v) is 7.19. The number of carbonyl (C=O) groups is 2. The fraction of sp³-hybridized carbons (Fsp3) is 0.860. The van der Waals surface area contributed by atoms with Crippen molar-refractivity contribution in [1.82, 2.24) is 0 Å². The van der Waals surface area contributed by atoms with Gasteiger partial charge in [0.05, 0.1) is 46.1 Å². The van der Waals surface area contributed by atoms with Crippen LogP contribution in [-0.4, -0.2) is 110 Å². The van der Waals surface area contributed by atoms with E-state index in [-0.39, 0.29) is 38.4 Å². The van der Waals surface area contributed by atoms with Crippen LogP contribution >= 0.6 is 7.82 Å². The summed E-state index contributed by atoms with van der Waals surface area (Å²) >= 11 is 0. The van der Waals surface area contributed by atoms with Gasteiger partial charge in [0.1, 0.15) is 19.8 Å². The molecule has 1 fully saturated rings. The zero-order valence-corrected chi connectivity index (χ0v) is 37.0. The number of ether oxygens (including phenoxy) is 3. The molecule has 57 heavy (non-hydrogen) atoms. The number of nitrogens with zero attached hydrogens (tertiary/aromatic N) is 1. The quantitative estimate of drug-likeness (QED) is 0.0189. The highest BCUT2D eigenvalue weighted by atomic mass is 31.2. The number of hydrogen-bond acceptors (Lipinski definition) is 12. The van der Waals surface area contributed by atoms with Gasteiger partial charge in [0.2, 0.25) is 0 Å². The third-order valence-electron chi connectivity index (χ3n) is 10.0. The van der Waals surface area contributed by atoms with Gasteiger partial charge in [0, 0.05) is 25.2 Å². The molecule has 0 aliphatic carbocycles. The molecule has 14 heteroatoms. The van der Waals surface area contributed by atoms with E-state index in [2.05, 4.69) is 13.8 Å². The van der Waals surface area contributed by atoms with Crippen molar-refractivity contribution in [1.29, 1.82) is 0 Å². The van der Waals surface area contributed by atoms with Gasteiger partial charge in [0.25, 0.3) is 7.82 Å². The van der Waals surface area contributed by atoms with Gasteiger partial charge in [-0.25, -0.2) is 0 Å². The van der Waals surface area contributed by atoms with Crippen molar-refractivity contribution in [3.8, 4) is 0 Å². The van der Waals surface area contributed by atoms with Crippen molar-refractivity contribution in [3.63, 3.8) is 0 Å². The summed E-state index contributed by atoms with van der Waals surface area (Å²) in [5.74, 6) is -1.34. The molecule has 0 spiro atoms. The van der Waals surface area contributed by atoms with Crippen LogP contribution < -0.4 is 4.89 Å². The van der Waals surface area contributed by atoms with Gasteiger partial charge < -0.3 is 48.0 Å². The summed E-state index contributed by atoms with van der Waals surface area (Å²) in [6, 6.07) is 0. The molecule has 1 saturated heterocycles. The number of unbranched alkanes of at least 4 members (excludes halogenated alkanes) is 14. The van der Waals surface area contributed by atoms with Gasteiger partial charge in [0.15, 0.2) is 12.4 Å². The zero-order valence-electron chi connectivity index (χ0n) is 36.1. The molecule has 7 atom stereocenters. The summed E-state index contributed by atoms with van der Waals surface area (Å²) in [6.07, 6.45) is 22.6. The number of phosphoric acid groups is 1. The number of allylic oxidation sites excluding steroid dienone is 2. The molecule has 334 valence electrons. The van der Waals surface area contributed by atoms with Crippen molar-refractivity contribution in [2.45, 2.75) is 186 Å². The smallest absolute Gasteiger partial charge is 0.306 e. The Morgan fingerprint density at radius 2 is 1.42 bits per heavy atom. The van der Waals surface area contributed by atoms with Crippen LogP contribution in [0.25, 0.3) is 0 Å². The molecule has 3 N–H and O–H groups in total. The number of carbonyl (C=O) groups excluding carboxylic acids is 2. The van der Waals surface area contributed by atoms with E-state index in [1.54, 1.807) is 12.2 Å². The van der Waals surface area contributed by atoms with Gasteiger partial charge in [-0.2, -0.15) is 0 Å². The number of likely N-dealkylation sites (N-methyl/N-ethyl adjacent to an activating group) is 1. The van der Waals surface area contributed by atoms with E-state index in [0.717, 1.165) is 38.5 Å². The maximum absolute atomic E-state index is 12.7. The van der Waals surface area contributed by atoms with Gasteiger partial charge in [-0.1, -0.05) is 128 Å². The minimum atomic E-state index is -4.69. The van der Waals surface area contributed by atoms with E-state index in [0.29, 0.717) is 43.1 Å². The first-order valence-corrected chi connectivity index (χ1v) is 23.4. The topological polar surface area (TPSA) is 181 Å². The number of esters is 2. The van der Waals surface area contributed by atoms with Crippen LogP contribution in [0, 0.1) is 5.92 Å². The van der Waals surface area contributed by atoms with E-state index in [1.165, 1.54) is 51.4 Å². The lowest BCUT2D eigenvalue weighted by atomic mass is 9.87. The van der Waals surface area contributed by atoms with E-state index < -0.39 is 57.1 Å². The Labute approximate surface area is 344 Å². The van der Waals surface area contributed by atoms with Gasteiger partial charge in [-0.05, 0) is 32.1 Å². The molecular weight excluding hydrogens is 753 g/mol. The lowest BCUT2D eigenvalue weighted by Gasteiger charge is -2.36. The van der Waals surface area contributed by atoms with E-state index in [4.69, 9.17) is 23.3 Å². The molecule has 0 aromatic carbocycles. The molecule has 0 aromatic heterocycles. The van der Waals surface area contributed by atoms with Crippen LogP contribution in [0.15, 0.2) is 24.3 Å². The molecule has 1 aliphatic rings. The first-order valence-electron chi connectivity index (χ1n) is 21.9.